The molecule has 12 heteroatoms. The van der Waals surface area contributed by atoms with Crippen LogP contribution < -0.4 is 16.4 Å². The van der Waals surface area contributed by atoms with E-state index in [9.17, 15) is 22.8 Å². The molecule has 1 aromatic carbocycles. The number of anilines is 1. The molecule has 2 aromatic rings. The number of hydrogen-bond donors (Lipinski definition) is 3. The number of aromatic nitrogens is 2. The first kappa shape index (κ1) is 25.5. The Kier molecular flexibility index (Phi) is 9.83. The number of halogens is 5. The minimum Gasteiger partial charge on any atom is -0.382 e. The maximum absolute atomic E-state index is 13.1. The van der Waals surface area contributed by atoms with Crippen molar-refractivity contribution in [2.24, 2.45) is 4.99 Å². The van der Waals surface area contributed by atoms with Gasteiger partial charge < -0.3 is 16.4 Å². The van der Waals surface area contributed by atoms with Gasteiger partial charge in [0.15, 0.2) is 5.96 Å². The molecule has 1 aromatic heterocycles. The van der Waals surface area contributed by atoms with Gasteiger partial charge in [0.1, 0.15) is 23.3 Å². The van der Waals surface area contributed by atoms with Crippen LogP contribution in [0.15, 0.2) is 29.3 Å². The van der Waals surface area contributed by atoms with Crippen LogP contribution in [0.25, 0.3) is 5.69 Å². The van der Waals surface area contributed by atoms with E-state index in [-0.39, 0.29) is 47.9 Å². The Morgan fingerprint density at radius 2 is 1.87 bits per heavy atom. The highest BCUT2D eigenvalue weighted by Gasteiger charge is 2.26. The monoisotopic (exact) mass is 539 g/mol. The van der Waals surface area contributed by atoms with Gasteiger partial charge in [-0.2, -0.15) is 23.5 Å². The minimum atomic E-state index is -4.23. The van der Waals surface area contributed by atoms with Gasteiger partial charge in [-0.1, -0.05) is 0 Å². The SMILES string of the molecule is CN=C(NCCCc1nn(-c2ccc(F)cc2)c(N)c1C#N)NCCC(F)(F)F.I. The molecule has 30 heavy (non-hydrogen) atoms. The zero-order valence-electron chi connectivity index (χ0n) is 16.1. The number of nitrogens with zero attached hydrogens (tertiary/aromatic N) is 4. The van der Waals surface area contributed by atoms with Gasteiger partial charge in [0.2, 0.25) is 0 Å². The lowest BCUT2D eigenvalue weighted by Gasteiger charge is -2.12. The van der Waals surface area contributed by atoms with Gasteiger partial charge in [0, 0.05) is 20.1 Å². The quantitative estimate of drug-likeness (QED) is 0.165. The second-order valence-corrected chi connectivity index (χ2v) is 6.10. The third-order valence-corrected chi connectivity index (χ3v) is 3.98. The minimum absolute atomic E-state index is 0. The third-order valence-electron chi connectivity index (χ3n) is 3.98. The molecule has 4 N–H and O–H groups in total. The Hall–Kier alpha value is -2.56. The van der Waals surface area contributed by atoms with Gasteiger partial charge in [0.25, 0.3) is 0 Å². The van der Waals surface area contributed by atoms with Gasteiger partial charge in [-0.15, -0.1) is 24.0 Å². The van der Waals surface area contributed by atoms with Gasteiger partial charge in [-0.3, -0.25) is 4.99 Å². The van der Waals surface area contributed by atoms with Crippen LogP contribution in [-0.4, -0.2) is 42.1 Å². The normalized spacial score (nSPS) is 11.5. The molecule has 7 nitrogen and oxygen atoms in total. The van der Waals surface area contributed by atoms with Gasteiger partial charge in [0.05, 0.1) is 17.8 Å². The molecular weight excluding hydrogens is 517 g/mol. The predicted octanol–water partition coefficient (Wildman–Crippen LogP) is 3.13. The molecule has 1 heterocycles. The highest BCUT2D eigenvalue weighted by Crippen LogP contribution is 2.21. The van der Waals surface area contributed by atoms with Crippen molar-refractivity contribution in [3.63, 3.8) is 0 Å². The van der Waals surface area contributed by atoms with Crippen molar-refractivity contribution >= 4 is 35.8 Å². The number of aryl methyl sites for hydroxylation is 1. The Bertz CT molecular complexity index is 886. The second kappa shape index (κ2) is 11.6. The molecule has 0 fully saturated rings. The number of hydrogen-bond acceptors (Lipinski definition) is 4. The van der Waals surface area contributed by atoms with Crippen molar-refractivity contribution in [3.8, 4) is 11.8 Å². The molecule has 0 radical (unpaired) electrons. The van der Waals surface area contributed by atoms with E-state index in [0.717, 1.165) is 0 Å². The van der Waals surface area contributed by atoms with E-state index in [1.165, 1.54) is 36.0 Å². The highest BCUT2D eigenvalue weighted by atomic mass is 127. The summed E-state index contributed by atoms with van der Waals surface area (Å²) in [7, 11) is 1.46. The smallest absolute Gasteiger partial charge is 0.382 e. The van der Waals surface area contributed by atoms with Crippen LogP contribution in [0.5, 0.6) is 0 Å². The van der Waals surface area contributed by atoms with Crippen molar-refractivity contribution in [2.45, 2.75) is 25.4 Å². The van der Waals surface area contributed by atoms with Crippen molar-refractivity contribution < 1.29 is 17.6 Å². The Morgan fingerprint density at radius 1 is 1.23 bits per heavy atom. The number of nitriles is 1. The Balaban J connectivity index is 0.00000450. The lowest BCUT2D eigenvalue weighted by molar-refractivity contribution is -0.132. The van der Waals surface area contributed by atoms with Crippen molar-refractivity contribution in [3.05, 3.63) is 41.3 Å². The molecular formula is C18H22F4IN7. The number of alkyl halides is 3. The van der Waals surface area contributed by atoms with Crippen molar-refractivity contribution in [1.29, 1.82) is 5.26 Å². The molecule has 0 saturated carbocycles. The van der Waals surface area contributed by atoms with Gasteiger partial charge >= 0.3 is 6.18 Å². The lowest BCUT2D eigenvalue weighted by atomic mass is 10.1. The van der Waals surface area contributed by atoms with Gasteiger partial charge in [-0.05, 0) is 37.1 Å². The van der Waals surface area contributed by atoms with E-state index in [0.29, 0.717) is 30.8 Å². The third kappa shape index (κ3) is 7.36. The number of guanidine groups is 1. The van der Waals surface area contributed by atoms with E-state index in [4.69, 9.17) is 5.73 Å². The number of aliphatic imine (C=N–C) groups is 1. The largest absolute Gasteiger partial charge is 0.390 e. The molecule has 0 aliphatic rings. The van der Waals surface area contributed by atoms with Crippen LogP contribution in [0.4, 0.5) is 23.4 Å². The molecule has 0 aliphatic carbocycles. The summed E-state index contributed by atoms with van der Waals surface area (Å²) in [6.07, 6.45) is -4.25. The number of nitrogen functional groups attached to an aromatic ring is 1. The first-order valence-corrected chi connectivity index (χ1v) is 8.80. The molecule has 0 spiro atoms. The average Bonchev–Trinajstić information content (AvgIpc) is 2.98. The zero-order valence-corrected chi connectivity index (χ0v) is 18.5. The molecule has 0 aliphatic heterocycles. The fraction of sp³-hybridized carbons (Fsp3) is 0.389. The topological polar surface area (TPSA) is 104 Å². The van der Waals surface area contributed by atoms with Crippen LogP contribution in [0, 0.1) is 17.1 Å². The number of nitrogens with two attached hydrogens (primary N) is 1. The van der Waals surface area contributed by atoms with E-state index in [1.54, 1.807) is 0 Å². The molecule has 0 amide bonds. The number of rotatable bonds is 7. The van der Waals surface area contributed by atoms with Crippen LogP contribution >= 0.6 is 24.0 Å². The number of benzene rings is 1. The zero-order chi connectivity index (χ0) is 21.4. The summed E-state index contributed by atoms with van der Waals surface area (Å²) in [5, 5.41) is 19.2. The standard InChI is InChI=1S/C18H21F4N7.HI/c1-25-17(27-10-8-18(20,21)22)26-9-2-3-15-14(11-23)16(24)29(28-15)13-6-4-12(19)5-7-13;/h4-7H,2-3,8-10,24H2,1H3,(H2,25,26,27);1H. The molecule has 0 saturated heterocycles. The second-order valence-electron chi connectivity index (χ2n) is 6.10. The van der Waals surface area contributed by atoms with Crippen molar-refractivity contribution in [2.75, 3.05) is 25.9 Å². The van der Waals surface area contributed by atoms with E-state index in [2.05, 4.69) is 20.7 Å². The molecule has 0 unspecified atom stereocenters. The molecule has 0 atom stereocenters. The maximum Gasteiger partial charge on any atom is 0.390 e. The van der Waals surface area contributed by atoms with Crippen LogP contribution in [0.3, 0.4) is 0 Å². The lowest BCUT2D eigenvalue weighted by Crippen LogP contribution is -2.39. The van der Waals surface area contributed by atoms with Crippen LogP contribution in [-0.2, 0) is 6.42 Å². The van der Waals surface area contributed by atoms with Crippen molar-refractivity contribution in [1.82, 2.24) is 20.4 Å². The fourth-order valence-corrected chi connectivity index (χ4v) is 2.56. The number of nitrogens with one attached hydrogen (secondary N) is 2. The first-order valence-electron chi connectivity index (χ1n) is 8.80. The van der Waals surface area contributed by atoms with Crippen LogP contribution in [0.1, 0.15) is 24.1 Å². The predicted molar refractivity (Wildman–Crippen MR) is 116 cm³/mol. The summed E-state index contributed by atoms with van der Waals surface area (Å²) in [6.45, 7) is 0.125. The molecule has 2 rings (SSSR count). The van der Waals surface area contributed by atoms with E-state index < -0.39 is 18.4 Å². The summed E-state index contributed by atoms with van der Waals surface area (Å²) < 4.78 is 51.0. The average molecular weight is 539 g/mol. The summed E-state index contributed by atoms with van der Waals surface area (Å²) in [6, 6.07) is 7.56. The van der Waals surface area contributed by atoms with Crippen LogP contribution in [0.2, 0.25) is 0 Å². The Labute approximate surface area is 188 Å². The maximum atomic E-state index is 13.1. The summed E-state index contributed by atoms with van der Waals surface area (Å²) in [5.74, 6) is 0.0151. The summed E-state index contributed by atoms with van der Waals surface area (Å²) >= 11 is 0. The first-order chi connectivity index (χ1) is 13.7. The molecule has 0 bridgehead atoms. The summed E-state index contributed by atoms with van der Waals surface area (Å²) in [4.78, 5) is 3.86. The van der Waals surface area contributed by atoms with Gasteiger partial charge in [-0.25, -0.2) is 9.07 Å². The highest BCUT2D eigenvalue weighted by molar-refractivity contribution is 14.0. The van der Waals surface area contributed by atoms with E-state index in [1.807, 2.05) is 6.07 Å². The molecule has 164 valence electrons. The fourth-order valence-electron chi connectivity index (χ4n) is 2.56. The Morgan fingerprint density at radius 3 is 2.43 bits per heavy atom. The summed E-state index contributed by atoms with van der Waals surface area (Å²) in [5.41, 5.74) is 7.24. The van der Waals surface area contributed by atoms with E-state index >= 15 is 0 Å².